The third-order valence-electron chi connectivity index (χ3n) is 3.65. The topological polar surface area (TPSA) is 120 Å². The summed E-state index contributed by atoms with van der Waals surface area (Å²) >= 11 is 0. The molecule has 0 saturated heterocycles. The predicted octanol–water partition coefficient (Wildman–Crippen LogP) is 2.31. The monoisotopic (exact) mass is 396 g/mol. The predicted molar refractivity (Wildman–Crippen MR) is 105 cm³/mol. The summed E-state index contributed by atoms with van der Waals surface area (Å²) in [6.45, 7) is 7.12. The lowest BCUT2D eigenvalue weighted by atomic mass is 10.1. The highest BCUT2D eigenvalue weighted by molar-refractivity contribution is 5.92. The largest absolute Gasteiger partial charge is 0.493 e. The van der Waals surface area contributed by atoms with Gasteiger partial charge in [-0.05, 0) is 39.8 Å². The van der Waals surface area contributed by atoms with Crippen LogP contribution in [0.15, 0.2) is 18.2 Å². The van der Waals surface area contributed by atoms with E-state index >= 15 is 0 Å². The Kier molecular flexibility index (Phi) is 7.95. The lowest BCUT2D eigenvalue weighted by Crippen LogP contribution is -2.43. The highest BCUT2D eigenvalue weighted by Crippen LogP contribution is 2.35. The molecule has 0 spiro atoms. The van der Waals surface area contributed by atoms with Gasteiger partial charge in [0.1, 0.15) is 0 Å². The van der Waals surface area contributed by atoms with Gasteiger partial charge in [0, 0.05) is 12.6 Å². The van der Waals surface area contributed by atoms with Crippen molar-refractivity contribution in [2.75, 3.05) is 27.4 Å². The SMILES string of the molecule is COc1cc(/C=C/C(=O)NCC(C)(C)OCC(C)(C)O)c([N+](=O)[O-])cc1OC. The average molecular weight is 396 g/mol. The van der Waals surface area contributed by atoms with Crippen LogP contribution in [0.25, 0.3) is 6.08 Å². The van der Waals surface area contributed by atoms with Crippen molar-refractivity contribution in [3.05, 3.63) is 33.9 Å². The molecule has 0 fully saturated rings. The molecule has 1 amide bonds. The van der Waals surface area contributed by atoms with Gasteiger partial charge in [-0.3, -0.25) is 14.9 Å². The number of hydrogen-bond donors (Lipinski definition) is 2. The molecule has 156 valence electrons. The second kappa shape index (κ2) is 9.52. The Bertz CT molecular complexity index is 737. The first-order valence-electron chi connectivity index (χ1n) is 8.61. The van der Waals surface area contributed by atoms with Crippen molar-refractivity contribution >= 4 is 17.7 Å². The number of rotatable bonds is 10. The third-order valence-corrected chi connectivity index (χ3v) is 3.65. The minimum atomic E-state index is -0.979. The zero-order valence-corrected chi connectivity index (χ0v) is 17.1. The highest BCUT2D eigenvalue weighted by atomic mass is 16.6. The number of benzene rings is 1. The summed E-state index contributed by atoms with van der Waals surface area (Å²) in [7, 11) is 2.80. The molecular formula is C19H28N2O7. The molecule has 1 rings (SSSR count). The van der Waals surface area contributed by atoms with Gasteiger partial charge < -0.3 is 24.6 Å². The summed E-state index contributed by atoms with van der Waals surface area (Å²) in [6.07, 6.45) is 2.53. The van der Waals surface area contributed by atoms with Crippen LogP contribution in [0, 0.1) is 10.1 Å². The van der Waals surface area contributed by atoms with E-state index < -0.39 is 22.0 Å². The number of ether oxygens (including phenoxy) is 3. The zero-order chi connectivity index (χ0) is 21.5. The number of hydrogen-bond acceptors (Lipinski definition) is 7. The van der Waals surface area contributed by atoms with Gasteiger partial charge in [0.15, 0.2) is 11.5 Å². The molecule has 0 aliphatic rings. The Morgan fingerprint density at radius 1 is 1.21 bits per heavy atom. The van der Waals surface area contributed by atoms with Gasteiger partial charge in [-0.1, -0.05) is 0 Å². The van der Waals surface area contributed by atoms with E-state index in [0.29, 0.717) is 5.75 Å². The van der Waals surface area contributed by atoms with E-state index in [1.165, 1.54) is 38.5 Å². The number of carbonyl (C=O) groups excluding carboxylic acids is 1. The van der Waals surface area contributed by atoms with Crippen LogP contribution in [0.4, 0.5) is 5.69 Å². The Balaban J connectivity index is 2.85. The van der Waals surface area contributed by atoms with Gasteiger partial charge in [-0.2, -0.15) is 0 Å². The summed E-state index contributed by atoms with van der Waals surface area (Å²) < 4.78 is 15.8. The molecule has 0 heterocycles. The fourth-order valence-electron chi connectivity index (χ4n) is 2.12. The molecule has 0 aromatic heterocycles. The van der Waals surface area contributed by atoms with Crippen LogP contribution in [0.5, 0.6) is 11.5 Å². The number of amides is 1. The minimum absolute atomic E-state index is 0.115. The van der Waals surface area contributed by atoms with Gasteiger partial charge in [0.05, 0.1) is 48.6 Å². The van der Waals surface area contributed by atoms with Crippen LogP contribution < -0.4 is 14.8 Å². The van der Waals surface area contributed by atoms with Crippen LogP contribution in [-0.2, 0) is 9.53 Å². The van der Waals surface area contributed by atoms with Gasteiger partial charge >= 0.3 is 0 Å². The maximum atomic E-state index is 12.1. The Morgan fingerprint density at radius 3 is 2.29 bits per heavy atom. The number of carbonyl (C=O) groups is 1. The van der Waals surface area contributed by atoms with Gasteiger partial charge in [-0.25, -0.2) is 0 Å². The normalized spacial score (nSPS) is 12.1. The Hall–Kier alpha value is -2.65. The van der Waals surface area contributed by atoms with Crippen molar-refractivity contribution in [3.8, 4) is 11.5 Å². The Labute approximate surface area is 164 Å². The smallest absolute Gasteiger partial charge is 0.280 e. The molecule has 2 N–H and O–H groups in total. The van der Waals surface area contributed by atoms with E-state index in [9.17, 15) is 20.0 Å². The lowest BCUT2D eigenvalue weighted by molar-refractivity contribution is -0.385. The average Bonchev–Trinajstić information content (AvgIpc) is 2.61. The van der Waals surface area contributed by atoms with Crippen LogP contribution in [0.2, 0.25) is 0 Å². The zero-order valence-electron chi connectivity index (χ0n) is 17.1. The molecule has 0 aliphatic carbocycles. The fourth-order valence-corrected chi connectivity index (χ4v) is 2.12. The number of nitro benzene ring substituents is 1. The lowest BCUT2D eigenvalue weighted by Gasteiger charge is -2.29. The molecule has 0 radical (unpaired) electrons. The van der Waals surface area contributed by atoms with Gasteiger partial charge in [0.25, 0.3) is 5.69 Å². The van der Waals surface area contributed by atoms with Gasteiger partial charge in [-0.15, -0.1) is 0 Å². The molecule has 28 heavy (non-hydrogen) atoms. The third kappa shape index (κ3) is 7.53. The summed E-state index contributed by atoms with van der Waals surface area (Å²) in [5.74, 6) is 0.0971. The second-order valence-corrected chi connectivity index (χ2v) is 7.44. The molecule has 1 aromatic carbocycles. The van der Waals surface area contributed by atoms with Crippen LogP contribution in [0.1, 0.15) is 33.3 Å². The fraction of sp³-hybridized carbons (Fsp3) is 0.526. The van der Waals surface area contributed by atoms with E-state index in [-0.39, 0.29) is 30.2 Å². The number of nitrogens with one attached hydrogen (secondary N) is 1. The molecule has 0 unspecified atom stereocenters. The molecule has 0 saturated carbocycles. The summed E-state index contributed by atoms with van der Waals surface area (Å²) in [5.41, 5.74) is -1.68. The number of methoxy groups -OCH3 is 2. The molecule has 1 aromatic rings. The summed E-state index contributed by atoms with van der Waals surface area (Å²) in [6, 6.07) is 2.67. The first-order valence-corrected chi connectivity index (χ1v) is 8.61. The van der Waals surface area contributed by atoms with Crippen molar-refractivity contribution in [3.63, 3.8) is 0 Å². The standard InChI is InChI=1S/C19H28N2O7/c1-18(2,23)12-28-19(3,4)11-20-17(22)8-7-13-9-15(26-5)16(27-6)10-14(13)21(24)25/h7-10,23H,11-12H2,1-6H3,(H,20,22)/b8-7+. The second-order valence-electron chi connectivity index (χ2n) is 7.44. The van der Waals surface area contributed by atoms with E-state index in [1.807, 2.05) is 0 Å². The van der Waals surface area contributed by atoms with Crippen molar-refractivity contribution in [1.82, 2.24) is 5.32 Å². The van der Waals surface area contributed by atoms with Gasteiger partial charge in [0.2, 0.25) is 5.91 Å². The van der Waals surface area contributed by atoms with E-state index in [1.54, 1.807) is 27.7 Å². The molecule has 0 aliphatic heterocycles. The van der Waals surface area contributed by atoms with Crippen molar-refractivity contribution < 1.29 is 29.0 Å². The molecule has 9 nitrogen and oxygen atoms in total. The first kappa shape index (κ1) is 23.4. The van der Waals surface area contributed by atoms with E-state index in [4.69, 9.17) is 14.2 Å². The maximum Gasteiger partial charge on any atom is 0.280 e. The highest BCUT2D eigenvalue weighted by Gasteiger charge is 2.23. The molecule has 0 atom stereocenters. The van der Waals surface area contributed by atoms with Crippen molar-refractivity contribution in [1.29, 1.82) is 0 Å². The molecular weight excluding hydrogens is 368 g/mol. The number of aliphatic hydroxyl groups is 1. The van der Waals surface area contributed by atoms with Crippen molar-refractivity contribution in [2.24, 2.45) is 0 Å². The Morgan fingerprint density at radius 2 is 1.79 bits per heavy atom. The maximum absolute atomic E-state index is 12.1. The molecule has 9 heteroatoms. The summed E-state index contributed by atoms with van der Waals surface area (Å²) in [5, 5.41) is 23.7. The summed E-state index contributed by atoms with van der Waals surface area (Å²) in [4.78, 5) is 22.8. The number of nitrogens with zero attached hydrogens (tertiary/aromatic N) is 1. The first-order chi connectivity index (χ1) is 12.9. The number of nitro groups is 1. The van der Waals surface area contributed by atoms with E-state index in [2.05, 4.69) is 5.32 Å². The van der Waals surface area contributed by atoms with Crippen LogP contribution in [-0.4, -0.2) is 54.5 Å². The minimum Gasteiger partial charge on any atom is -0.493 e. The van der Waals surface area contributed by atoms with Crippen LogP contribution in [0.3, 0.4) is 0 Å². The quantitative estimate of drug-likeness (QED) is 0.354. The van der Waals surface area contributed by atoms with Crippen LogP contribution >= 0.6 is 0 Å². The van der Waals surface area contributed by atoms with Crippen molar-refractivity contribution in [2.45, 2.75) is 38.9 Å². The van der Waals surface area contributed by atoms with E-state index in [0.717, 1.165) is 0 Å². The molecule has 0 bridgehead atoms.